The van der Waals surface area contributed by atoms with Crippen molar-refractivity contribution in [2.75, 3.05) is 20.8 Å². The normalized spacial score (nSPS) is 12.2. The van der Waals surface area contributed by atoms with E-state index in [2.05, 4.69) is 0 Å². The van der Waals surface area contributed by atoms with Crippen molar-refractivity contribution in [2.24, 2.45) is 0 Å². The van der Waals surface area contributed by atoms with Crippen LogP contribution in [0, 0.1) is 0 Å². The third-order valence-electron chi connectivity index (χ3n) is 3.67. The van der Waals surface area contributed by atoms with Gasteiger partial charge in [-0.05, 0) is 18.9 Å². The van der Waals surface area contributed by atoms with Gasteiger partial charge in [-0.1, -0.05) is 13.8 Å². The molecular formula is C17H23NO4. The summed E-state index contributed by atoms with van der Waals surface area (Å²) in [7, 11) is 3.24. The quantitative estimate of drug-likeness (QED) is 0.734. The molecule has 5 nitrogen and oxygen atoms in total. The van der Waals surface area contributed by atoms with Gasteiger partial charge >= 0.3 is 5.97 Å². The van der Waals surface area contributed by atoms with Crippen LogP contribution >= 0.6 is 0 Å². The first-order valence-electron chi connectivity index (χ1n) is 7.55. The summed E-state index contributed by atoms with van der Waals surface area (Å²) in [5.41, 5.74) is 0.900. The second-order valence-electron chi connectivity index (χ2n) is 5.08. The van der Waals surface area contributed by atoms with E-state index < -0.39 is 0 Å². The van der Waals surface area contributed by atoms with Crippen LogP contribution in [0.4, 0.5) is 0 Å². The molecule has 0 spiro atoms. The van der Waals surface area contributed by atoms with Gasteiger partial charge in [0.15, 0.2) is 0 Å². The molecule has 0 N–H and O–H groups in total. The summed E-state index contributed by atoms with van der Waals surface area (Å²) in [6.45, 7) is 4.40. The molecule has 0 saturated heterocycles. The lowest BCUT2D eigenvalue weighted by Gasteiger charge is -2.18. The highest BCUT2D eigenvalue weighted by Gasteiger charge is 2.22. The average Bonchev–Trinajstić information content (AvgIpc) is 2.96. The first-order valence-corrected chi connectivity index (χ1v) is 7.55. The Bertz CT molecular complexity index is 647. The van der Waals surface area contributed by atoms with E-state index in [9.17, 15) is 4.79 Å². The summed E-state index contributed by atoms with van der Waals surface area (Å²) < 4.78 is 18.0. The Labute approximate surface area is 130 Å². The first-order chi connectivity index (χ1) is 10.7. The van der Waals surface area contributed by atoms with Crippen molar-refractivity contribution in [3.05, 3.63) is 24.4 Å². The average molecular weight is 305 g/mol. The zero-order valence-electron chi connectivity index (χ0n) is 13.6. The molecule has 0 saturated carbocycles. The second kappa shape index (κ2) is 7.20. The van der Waals surface area contributed by atoms with Crippen molar-refractivity contribution >= 4 is 16.9 Å². The number of aromatic nitrogens is 1. The SMILES string of the molecule is CCCOC(=O)C(CC)n1ccc2c(OC)cc(OC)cc21. The highest BCUT2D eigenvalue weighted by Crippen LogP contribution is 2.34. The molecule has 0 amide bonds. The minimum Gasteiger partial charge on any atom is -0.497 e. The van der Waals surface area contributed by atoms with Gasteiger partial charge < -0.3 is 18.8 Å². The maximum Gasteiger partial charge on any atom is 0.329 e. The maximum atomic E-state index is 12.3. The van der Waals surface area contributed by atoms with Gasteiger partial charge in [-0.3, -0.25) is 0 Å². The van der Waals surface area contributed by atoms with E-state index >= 15 is 0 Å². The molecule has 1 heterocycles. The summed E-state index contributed by atoms with van der Waals surface area (Å²) in [4.78, 5) is 12.3. The van der Waals surface area contributed by atoms with Crippen LogP contribution in [0.2, 0.25) is 0 Å². The van der Waals surface area contributed by atoms with Crippen LogP contribution in [0.25, 0.3) is 10.9 Å². The number of esters is 1. The van der Waals surface area contributed by atoms with Crippen LogP contribution in [0.3, 0.4) is 0 Å². The fourth-order valence-corrected chi connectivity index (χ4v) is 2.54. The number of hydrogen-bond acceptors (Lipinski definition) is 4. The fraction of sp³-hybridized carbons (Fsp3) is 0.471. The smallest absolute Gasteiger partial charge is 0.329 e. The van der Waals surface area contributed by atoms with Crippen LogP contribution < -0.4 is 9.47 Å². The molecule has 22 heavy (non-hydrogen) atoms. The van der Waals surface area contributed by atoms with Gasteiger partial charge in [0.05, 0.1) is 26.3 Å². The lowest BCUT2D eigenvalue weighted by molar-refractivity contribution is -0.147. The first kappa shape index (κ1) is 16.2. The topological polar surface area (TPSA) is 49.7 Å². The van der Waals surface area contributed by atoms with Gasteiger partial charge in [0.1, 0.15) is 17.5 Å². The van der Waals surface area contributed by atoms with Gasteiger partial charge in [-0.2, -0.15) is 0 Å². The Kier molecular flexibility index (Phi) is 5.31. The number of rotatable bonds is 7. The summed E-state index contributed by atoms with van der Waals surface area (Å²) in [6, 6.07) is 5.35. The Morgan fingerprint density at radius 3 is 2.59 bits per heavy atom. The summed E-state index contributed by atoms with van der Waals surface area (Å²) in [5, 5.41) is 0.949. The predicted molar refractivity (Wildman–Crippen MR) is 85.6 cm³/mol. The van der Waals surface area contributed by atoms with Crippen LogP contribution in [0.5, 0.6) is 11.5 Å². The minimum absolute atomic E-state index is 0.205. The largest absolute Gasteiger partial charge is 0.497 e. The van der Waals surface area contributed by atoms with Crippen molar-refractivity contribution in [1.82, 2.24) is 4.57 Å². The van der Waals surface area contributed by atoms with Gasteiger partial charge in [0, 0.05) is 23.7 Å². The Balaban J connectivity index is 2.47. The maximum absolute atomic E-state index is 12.3. The van der Waals surface area contributed by atoms with Crippen molar-refractivity contribution in [1.29, 1.82) is 0 Å². The van der Waals surface area contributed by atoms with Crippen LogP contribution in [-0.4, -0.2) is 31.4 Å². The third kappa shape index (κ3) is 3.03. The molecule has 2 rings (SSSR count). The lowest BCUT2D eigenvalue weighted by atomic mass is 10.2. The van der Waals surface area contributed by atoms with Gasteiger partial charge in [0.25, 0.3) is 0 Å². The van der Waals surface area contributed by atoms with Crippen LogP contribution in [0.15, 0.2) is 24.4 Å². The molecule has 0 radical (unpaired) electrons. The fourth-order valence-electron chi connectivity index (χ4n) is 2.54. The van der Waals surface area contributed by atoms with Gasteiger partial charge in [-0.25, -0.2) is 4.79 Å². The van der Waals surface area contributed by atoms with Crippen LogP contribution in [0.1, 0.15) is 32.7 Å². The second-order valence-corrected chi connectivity index (χ2v) is 5.08. The minimum atomic E-state index is -0.346. The number of ether oxygens (including phenoxy) is 3. The molecule has 1 aromatic heterocycles. The van der Waals surface area contributed by atoms with E-state index in [1.54, 1.807) is 14.2 Å². The number of carbonyl (C=O) groups excluding carboxylic acids is 1. The molecule has 0 bridgehead atoms. The molecule has 5 heteroatoms. The third-order valence-corrected chi connectivity index (χ3v) is 3.67. The molecule has 120 valence electrons. The molecule has 2 aromatic rings. The number of hydrogen-bond donors (Lipinski definition) is 0. The van der Waals surface area contributed by atoms with Crippen LogP contribution in [-0.2, 0) is 9.53 Å². The van der Waals surface area contributed by atoms with E-state index in [0.717, 1.165) is 23.1 Å². The number of benzene rings is 1. The lowest BCUT2D eigenvalue weighted by Crippen LogP contribution is -2.21. The summed E-state index contributed by atoms with van der Waals surface area (Å²) in [5.74, 6) is 1.22. The standard InChI is InChI=1S/C17H23NO4/c1-5-9-22-17(19)14(6-2)18-8-7-13-15(18)10-12(20-3)11-16(13)21-4/h7-8,10-11,14H,5-6,9H2,1-4H3. The zero-order valence-corrected chi connectivity index (χ0v) is 13.6. The van der Waals surface area contributed by atoms with Crippen molar-refractivity contribution < 1.29 is 19.0 Å². The van der Waals surface area contributed by atoms with Gasteiger partial charge in [0.2, 0.25) is 0 Å². The van der Waals surface area contributed by atoms with E-state index in [1.807, 2.05) is 42.8 Å². The highest BCUT2D eigenvalue weighted by molar-refractivity contribution is 5.89. The molecular weight excluding hydrogens is 282 g/mol. The number of nitrogens with zero attached hydrogens (tertiary/aromatic N) is 1. The molecule has 0 aliphatic heterocycles. The Morgan fingerprint density at radius 2 is 2.00 bits per heavy atom. The van der Waals surface area contributed by atoms with E-state index in [1.165, 1.54) is 0 Å². The van der Waals surface area contributed by atoms with E-state index in [-0.39, 0.29) is 12.0 Å². The number of methoxy groups -OCH3 is 2. The molecule has 0 aliphatic rings. The van der Waals surface area contributed by atoms with E-state index in [4.69, 9.17) is 14.2 Å². The molecule has 0 fully saturated rings. The Hall–Kier alpha value is -2.17. The Morgan fingerprint density at radius 1 is 1.23 bits per heavy atom. The van der Waals surface area contributed by atoms with Crippen molar-refractivity contribution in [3.8, 4) is 11.5 Å². The van der Waals surface area contributed by atoms with Crippen molar-refractivity contribution in [2.45, 2.75) is 32.7 Å². The zero-order chi connectivity index (χ0) is 16.1. The predicted octanol–water partition coefficient (Wildman–Crippen LogP) is 3.56. The van der Waals surface area contributed by atoms with E-state index in [0.29, 0.717) is 18.8 Å². The van der Waals surface area contributed by atoms with Crippen molar-refractivity contribution in [3.63, 3.8) is 0 Å². The number of fused-ring (bicyclic) bond motifs is 1. The van der Waals surface area contributed by atoms with Gasteiger partial charge in [-0.15, -0.1) is 0 Å². The monoisotopic (exact) mass is 305 g/mol. The summed E-state index contributed by atoms with van der Waals surface area (Å²) >= 11 is 0. The highest BCUT2D eigenvalue weighted by atomic mass is 16.5. The molecule has 1 atom stereocenters. The molecule has 1 aromatic carbocycles. The summed E-state index contributed by atoms with van der Waals surface area (Å²) in [6.07, 6.45) is 3.37. The molecule has 0 aliphatic carbocycles. The molecule has 1 unspecified atom stereocenters. The number of carbonyl (C=O) groups is 1.